The van der Waals surface area contributed by atoms with Gasteiger partial charge in [0.1, 0.15) is 12.7 Å². The molecule has 1 aromatic carbocycles. The molecule has 0 aliphatic carbocycles. The van der Waals surface area contributed by atoms with E-state index in [0.717, 1.165) is 26.3 Å². The minimum absolute atomic E-state index is 0.143. The zero-order valence-corrected chi connectivity index (χ0v) is 21.0. The van der Waals surface area contributed by atoms with E-state index >= 15 is 0 Å². The molecule has 1 unspecified atom stereocenters. The van der Waals surface area contributed by atoms with Crippen LogP contribution in [0.1, 0.15) is 64.4 Å². The van der Waals surface area contributed by atoms with Crippen LogP contribution >= 0.6 is 0 Å². The Hall–Kier alpha value is -3.27. The summed E-state index contributed by atoms with van der Waals surface area (Å²) < 4.78 is 27.0. The summed E-state index contributed by atoms with van der Waals surface area (Å²) in [6.45, 7) is 10.2. The predicted octanol–water partition coefficient (Wildman–Crippen LogP) is 2.29. The van der Waals surface area contributed by atoms with E-state index in [-0.39, 0.29) is 11.0 Å². The van der Waals surface area contributed by atoms with Gasteiger partial charge in [0.25, 0.3) is 0 Å². The van der Waals surface area contributed by atoms with Gasteiger partial charge < -0.3 is 23.7 Å². The van der Waals surface area contributed by atoms with Crippen LogP contribution in [-0.4, -0.2) is 66.8 Å². The average Bonchev–Trinajstić information content (AvgIpc) is 2.73. The summed E-state index contributed by atoms with van der Waals surface area (Å²) in [7, 11) is 0. The zero-order valence-electron chi connectivity index (χ0n) is 21.0. The lowest BCUT2D eigenvalue weighted by atomic mass is 9.85. The molecule has 5 atom stereocenters. The van der Waals surface area contributed by atoms with Gasteiger partial charge in [0.05, 0.1) is 0 Å². The summed E-state index contributed by atoms with van der Waals surface area (Å²) in [6.07, 6.45) is -6.74. The van der Waals surface area contributed by atoms with E-state index in [9.17, 15) is 24.0 Å². The molecule has 1 aromatic rings. The molecular weight excluding hydrogens is 460 g/mol. The molecule has 1 heterocycles. The lowest BCUT2D eigenvalue weighted by molar-refractivity contribution is -0.243. The molecule has 0 amide bonds. The SMILES string of the molecule is CC(=O)OC[C@H]1OC(C(=O)c2ccc(C(C)(C)C)cc2)[C@H](OC(C)=O)[C@@H](OC(C)=O)[C@@H]1OC(C)=O. The predicted molar refractivity (Wildman–Crippen MR) is 121 cm³/mol. The first-order valence-electron chi connectivity index (χ1n) is 11.2. The first-order chi connectivity index (χ1) is 16.2. The summed E-state index contributed by atoms with van der Waals surface area (Å²) in [5.74, 6) is -3.47. The van der Waals surface area contributed by atoms with E-state index in [0.29, 0.717) is 0 Å². The number of ether oxygens (including phenoxy) is 5. The van der Waals surface area contributed by atoms with Gasteiger partial charge in [-0.3, -0.25) is 24.0 Å². The number of Topliss-reactive ketones (excluding diaryl/α,β-unsaturated/α-hetero) is 1. The highest BCUT2D eigenvalue weighted by Crippen LogP contribution is 2.31. The zero-order chi connectivity index (χ0) is 26.5. The van der Waals surface area contributed by atoms with E-state index in [1.807, 2.05) is 20.8 Å². The number of hydrogen-bond donors (Lipinski definition) is 0. The molecule has 0 aromatic heterocycles. The van der Waals surface area contributed by atoms with Crippen LogP contribution < -0.4 is 0 Å². The van der Waals surface area contributed by atoms with Gasteiger partial charge in [-0.2, -0.15) is 0 Å². The number of carbonyl (C=O) groups excluding carboxylic acids is 5. The van der Waals surface area contributed by atoms with Crippen LogP contribution in [0.15, 0.2) is 24.3 Å². The van der Waals surface area contributed by atoms with Crippen molar-refractivity contribution in [3.63, 3.8) is 0 Å². The molecule has 10 nitrogen and oxygen atoms in total. The van der Waals surface area contributed by atoms with Crippen molar-refractivity contribution in [2.75, 3.05) is 6.61 Å². The monoisotopic (exact) mass is 492 g/mol. The molecule has 0 radical (unpaired) electrons. The third kappa shape index (κ3) is 7.61. The van der Waals surface area contributed by atoms with Crippen molar-refractivity contribution in [3.05, 3.63) is 35.4 Å². The highest BCUT2D eigenvalue weighted by atomic mass is 16.7. The van der Waals surface area contributed by atoms with E-state index in [1.165, 1.54) is 6.92 Å². The first kappa shape index (κ1) is 28.0. The summed E-state index contributed by atoms with van der Waals surface area (Å²) in [6, 6.07) is 6.85. The molecular formula is C25H32O10. The molecule has 10 heteroatoms. The van der Waals surface area contributed by atoms with E-state index < -0.39 is 66.8 Å². The second kappa shape index (κ2) is 11.4. The third-order valence-electron chi connectivity index (χ3n) is 5.28. The Morgan fingerprint density at radius 2 is 1.23 bits per heavy atom. The lowest BCUT2D eigenvalue weighted by Gasteiger charge is -2.43. The number of benzene rings is 1. The van der Waals surface area contributed by atoms with Crippen LogP contribution in [0.4, 0.5) is 0 Å². The van der Waals surface area contributed by atoms with Crippen molar-refractivity contribution in [1.82, 2.24) is 0 Å². The molecule has 192 valence electrons. The Morgan fingerprint density at radius 3 is 1.69 bits per heavy atom. The molecule has 0 bridgehead atoms. The Balaban J connectivity index is 2.53. The standard InChI is InChI=1S/C25H32O10/c1-13(26)31-12-19-21(32-14(2)27)23(33-15(3)28)24(34-16(4)29)22(35-19)20(30)17-8-10-18(11-9-17)25(5,6)7/h8-11,19,21-24H,12H2,1-7H3/t19-,21-,22?,23+,24+/m1/s1. The van der Waals surface area contributed by atoms with Gasteiger partial charge in [-0.25, -0.2) is 0 Å². The Labute approximate surface area is 204 Å². The maximum absolute atomic E-state index is 13.5. The Kier molecular flexibility index (Phi) is 9.14. The van der Waals surface area contributed by atoms with Gasteiger partial charge in [0.15, 0.2) is 30.2 Å². The lowest BCUT2D eigenvalue weighted by Crippen LogP contribution is -2.64. The molecule has 1 aliphatic heterocycles. The van der Waals surface area contributed by atoms with Crippen molar-refractivity contribution in [1.29, 1.82) is 0 Å². The number of ketones is 1. The summed E-state index contributed by atoms with van der Waals surface area (Å²) in [5.41, 5.74) is 1.12. The maximum atomic E-state index is 13.5. The van der Waals surface area contributed by atoms with Crippen molar-refractivity contribution < 1.29 is 47.7 Å². The smallest absolute Gasteiger partial charge is 0.303 e. The van der Waals surface area contributed by atoms with Gasteiger partial charge in [0.2, 0.25) is 0 Å². The Morgan fingerprint density at radius 1 is 0.743 bits per heavy atom. The highest BCUT2D eigenvalue weighted by Gasteiger charge is 2.54. The molecule has 1 fully saturated rings. The number of hydrogen-bond acceptors (Lipinski definition) is 10. The molecule has 1 aliphatic rings. The number of rotatable bonds is 7. The molecule has 0 spiro atoms. The minimum Gasteiger partial charge on any atom is -0.463 e. The molecule has 0 saturated carbocycles. The second-order valence-corrected chi connectivity index (χ2v) is 9.31. The largest absolute Gasteiger partial charge is 0.463 e. The molecule has 2 rings (SSSR count). The number of carbonyl (C=O) groups is 5. The molecule has 35 heavy (non-hydrogen) atoms. The van der Waals surface area contributed by atoms with Gasteiger partial charge in [0, 0.05) is 33.3 Å². The van der Waals surface area contributed by atoms with Crippen LogP contribution in [-0.2, 0) is 48.3 Å². The van der Waals surface area contributed by atoms with Crippen LogP contribution in [0, 0.1) is 0 Å². The minimum atomic E-state index is -1.43. The van der Waals surface area contributed by atoms with Gasteiger partial charge >= 0.3 is 23.9 Å². The first-order valence-corrected chi connectivity index (χ1v) is 11.2. The van der Waals surface area contributed by atoms with Crippen molar-refractivity contribution >= 4 is 29.7 Å². The topological polar surface area (TPSA) is 132 Å². The van der Waals surface area contributed by atoms with E-state index in [1.54, 1.807) is 24.3 Å². The van der Waals surface area contributed by atoms with Gasteiger partial charge in [-0.15, -0.1) is 0 Å². The summed E-state index contributed by atoms with van der Waals surface area (Å²) >= 11 is 0. The fourth-order valence-corrected chi connectivity index (χ4v) is 3.74. The quantitative estimate of drug-likeness (QED) is 0.317. The van der Waals surface area contributed by atoms with Crippen molar-refractivity contribution in [2.24, 2.45) is 0 Å². The molecule has 0 N–H and O–H groups in total. The fourth-order valence-electron chi connectivity index (χ4n) is 3.74. The summed E-state index contributed by atoms with van der Waals surface area (Å²) in [4.78, 5) is 60.6. The highest BCUT2D eigenvalue weighted by molar-refractivity contribution is 6.00. The van der Waals surface area contributed by atoms with Crippen molar-refractivity contribution in [3.8, 4) is 0 Å². The van der Waals surface area contributed by atoms with E-state index in [2.05, 4.69) is 0 Å². The van der Waals surface area contributed by atoms with Crippen LogP contribution in [0.25, 0.3) is 0 Å². The molecule has 1 saturated heterocycles. The second-order valence-electron chi connectivity index (χ2n) is 9.31. The van der Waals surface area contributed by atoms with Crippen LogP contribution in [0.3, 0.4) is 0 Å². The third-order valence-corrected chi connectivity index (χ3v) is 5.28. The van der Waals surface area contributed by atoms with Gasteiger partial charge in [-0.1, -0.05) is 45.0 Å². The van der Waals surface area contributed by atoms with E-state index in [4.69, 9.17) is 23.7 Å². The van der Waals surface area contributed by atoms with Crippen molar-refractivity contribution in [2.45, 2.75) is 84.4 Å². The fraction of sp³-hybridized carbons (Fsp3) is 0.560. The maximum Gasteiger partial charge on any atom is 0.303 e. The summed E-state index contributed by atoms with van der Waals surface area (Å²) in [5, 5.41) is 0. The Bertz CT molecular complexity index is 959. The van der Waals surface area contributed by atoms with Crippen LogP contribution in [0.2, 0.25) is 0 Å². The normalized spacial score (nSPS) is 24.1. The number of esters is 4. The van der Waals surface area contributed by atoms with Crippen LogP contribution in [0.5, 0.6) is 0 Å². The average molecular weight is 493 g/mol. The van der Waals surface area contributed by atoms with Gasteiger partial charge in [-0.05, 0) is 11.0 Å².